The molecule has 0 fully saturated rings. The van der Waals surface area contributed by atoms with Crippen LogP contribution in [-0.4, -0.2) is 43.4 Å². The van der Waals surface area contributed by atoms with E-state index in [4.69, 9.17) is 9.47 Å². The van der Waals surface area contributed by atoms with Gasteiger partial charge in [0.25, 0.3) is 10.1 Å². The van der Waals surface area contributed by atoms with Crippen molar-refractivity contribution >= 4 is 22.1 Å². The summed E-state index contributed by atoms with van der Waals surface area (Å²) in [6.07, 6.45) is 24.7. The molecule has 0 aromatic heterocycles. The van der Waals surface area contributed by atoms with Crippen LogP contribution in [0, 0.1) is 0 Å². The Morgan fingerprint density at radius 1 is 0.634 bits per heavy atom. The van der Waals surface area contributed by atoms with Crippen LogP contribution in [0.3, 0.4) is 0 Å². The van der Waals surface area contributed by atoms with Gasteiger partial charge in [0.05, 0.1) is 17.7 Å². The van der Waals surface area contributed by atoms with Crippen molar-refractivity contribution in [1.29, 1.82) is 0 Å². The van der Waals surface area contributed by atoms with E-state index >= 15 is 0 Å². The van der Waals surface area contributed by atoms with Crippen LogP contribution < -0.4 is 0 Å². The largest absolute Gasteiger partial charge is 0.462 e. The Balaban J connectivity index is 2.07. The minimum Gasteiger partial charge on any atom is -0.462 e. The second-order valence-electron chi connectivity index (χ2n) is 11.2. The predicted molar refractivity (Wildman–Crippen MR) is 166 cm³/mol. The van der Waals surface area contributed by atoms with E-state index in [-0.39, 0.29) is 24.2 Å². The number of esters is 2. The number of hydrogen-bond donors (Lipinski definition) is 1. The van der Waals surface area contributed by atoms with E-state index in [1.54, 1.807) is 19.1 Å². The molecule has 1 aromatic rings. The Hall–Kier alpha value is -1.93. The Labute approximate surface area is 249 Å². The molecular formula is C33H56O7S. The molecule has 1 atom stereocenters. The molecule has 1 rings (SSSR count). The normalized spacial score (nSPS) is 12.3. The lowest BCUT2D eigenvalue weighted by Crippen LogP contribution is -2.27. The molecule has 0 aliphatic carbocycles. The summed E-state index contributed by atoms with van der Waals surface area (Å²) < 4.78 is 42.3. The fourth-order valence-electron chi connectivity index (χ4n) is 4.92. The summed E-state index contributed by atoms with van der Waals surface area (Å²) in [5.74, 6) is -1.44. The summed E-state index contributed by atoms with van der Waals surface area (Å²) in [5.41, 5.74) is 0.0889. The highest BCUT2D eigenvalue weighted by molar-refractivity contribution is 7.86. The van der Waals surface area contributed by atoms with Gasteiger partial charge in [-0.05, 0) is 25.0 Å². The van der Waals surface area contributed by atoms with Crippen LogP contribution in [-0.2, 0) is 19.6 Å². The van der Waals surface area contributed by atoms with Crippen molar-refractivity contribution in [2.45, 2.75) is 148 Å². The molecule has 0 saturated heterocycles. The summed E-state index contributed by atoms with van der Waals surface area (Å²) in [5, 5.41) is -1.21. The van der Waals surface area contributed by atoms with Crippen molar-refractivity contribution in [2.75, 3.05) is 13.2 Å². The molecule has 0 heterocycles. The van der Waals surface area contributed by atoms with Gasteiger partial charge in [-0.1, -0.05) is 142 Å². The quantitative estimate of drug-likeness (QED) is 0.0645. The van der Waals surface area contributed by atoms with Crippen molar-refractivity contribution in [3.05, 3.63) is 35.4 Å². The molecule has 1 N–H and O–H groups in total. The van der Waals surface area contributed by atoms with E-state index in [1.165, 1.54) is 115 Å². The van der Waals surface area contributed by atoms with E-state index in [2.05, 4.69) is 6.92 Å². The highest BCUT2D eigenvalue weighted by Gasteiger charge is 2.25. The van der Waals surface area contributed by atoms with Gasteiger partial charge in [0.1, 0.15) is 11.9 Å². The summed E-state index contributed by atoms with van der Waals surface area (Å²) >= 11 is 0. The van der Waals surface area contributed by atoms with Crippen LogP contribution in [0.15, 0.2) is 24.3 Å². The topological polar surface area (TPSA) is 107 Å². The monoisotopic (exact) mass is 596 g/mol. The molecule has 0 radical (unpaired) electrons. The molecule has 0 aliphatic rings. The van der Waals surface area contributed by atoms with Crippen LogP contribution in [0.4, 0.5) is 0 Å². The summed E-state index contributed by atoms with van der Waals surface area (Å²) in [6.45, 7) is 3.63. The first-order valence-electron chi connectivity index (χ1n) is 16.2. The molecule has 7 nitrogen and oxygen atoms in total. The predicted octanol–water partition coefficient (Wildman–Crippen LogP) is 9.10. The first-order chi connectivity index (χ1) is 19.8. The third-order valence-electron chi connectivity index (χ3n) is 7.62. The molecule has 41 heavy (non-hydrogen) atoms. The molecule has 8 heteroatoms. The zero-order chi connectivity index (χ0) is 30.2. The van der Waals surface area contributed by atoms with Gasteiger partial charge in [0.2, 0.25) is 0 Å². The van der Waals surface area contributed by atoms with Gasteiger partial charge in [0, 0.05) is 0 Å². The Morgan fingerprint density at radius 3 is 1.37 bits per heavy atom. The second-order valence-corrected chi connectivity index (χ2v) is 12.9. The molecular weight excluding hydrogens is 540 g/mol. The smallest absolute Gasteiger partial charge is 0.339 e. The number of benzene rings is 1. The van der Waals surface area contributed by atoms with Gasteiger partial charge in [0.15, 0.2) is 0 Å². The summed E-state index contributed by atoms with van der Waals surface area (Å²) in [4.78, 5) is 25.0. The Kier molecular flexibility index (Phi) is 21.4. The molecule has 0 spiro atoms. The number of carbonyl (C=O) groups excluding carboxylic acids is 2. The van der Waals surface area contributed by atoms with Gasteiger partial charge in [-0.2, -0.15) is 8.42 Å². The van der Waals surface area contributed by atoms with Crippen LogP contribution in [0.2, 0.25) is 0 Å². The maximum absolute atomic E-state index is 12.5. The number of ether oxygens (including phenoxy) is 2. The molecule has 0 saturated carbocycles. The van der Waals surface area contributed by atoms with Crippen LogP contribution >= 0.6 is 0 Å². The third-order valence-corrected chi connectivity index (χ3v) is 8.94. The molecule has 1 unspecified atom stereocenters. The van der Waals surface area contributed by atoms with Crippen LogP contribution in [0.1, 0.15) is 163 Å². The lowest BCUT2D eigenvalue weighted by atomic mass is 10.0. The molecule has 0 bridgehead atoms. The standard InChI is InChI=1S/C33H56O7S/c1-3-5-6-7-8-9-10-11-12-13-14-15-16-17-18-19-20-21-24-27-39-32(34)30-25-22-23-26-31(30)33(35)40-28-29(4-2)41(36,37)38/h22-23,25-26,29H,3-21,24,27-28H2,1-2H3,(H,36,37,38). The van der Waals surface area contributed by atoms with Crippen LogP contribution in [0.5, 0.6) is 0 Å². The first-order valence-corrected chi connectivity index (χ1v) is 17.7. The second kappa shape index (κ2) is 23.6. The summed E-state index contributed by atoms with van der Waals surface area (Å²) in [7, 11) is -4.32. The Morgan fingerprint density at radius 2 is 1.00 bits per heavy atom. The zero-order valence-electron chi connectivity index (χ0n) is 25.7. The highest BCUT2D eigenvalue weighted by atomic mass is 32.2. The number of carbonyl (C=O) groups is 2. The average molecular weight is 597 g/mol. The van der Waals surface area contributed by atoms with Crippen LogP contribution in [0.25, 0.3) is 0 Å². The SMILES string of the molecule is CCCCCCCCCCCCCCCCCCCCCOC(=O)c1ccccc1C(=O)OCC(CC)S(=O)(=O)O. The number of rotatable bonds is 26. The number of hydrogen-bond acceptors (Lipinski definition) is 6. The minimum absolute atomic E-state index is 0.0101. The lowest BCUT2D eigenvalue weighted by molar-refractivity contribution is 0.0452. The van der Waals surface area contributed by atoms with Gasteiger partial charge in [-0.25, -0.2) is 9.59 Å². The first kappa shape index (κ1) is 37.1. The van der Waals surface area contributed by atoms with Gasteiger partial charge >= 0.3 is 11.9 Å². The van der Waals surface area contributed by atoms with E-state index in [9.17, 15) is 22.6 Å². The minimum atomic E-state index is -4.32. The van der Waals surface area contributed by atoms with E-state index in [0.29, 0.717) is 0 Å². The zero-order valence-corrected chi connectivity index (χ0v) is 26.6. The van der Waals surface area contributed by atoms with Crippen molar-refractivity contribution < 1.29 is 32.0 Å². The van der Waals surface area contributed by atoms with E-state index < -0.39 is 33.9 Å². The lowest BCUT2D eigenvalue weighted by Gasteiger charge is -2.13. The number of unbranched alkanes of at least 4 members (excludes halogenated alkanes) is 18. The maximum Gasteiger partial charge on any atom is 0.339 e. The van der Waals surface area contributed by atoms with Crippen molar-refractivity contribution in [1.82, 2.24) is 0 Å². The molecule has 1 aromatic carbocycles. The highest BCUT2D eigenvalue weighted by Crippen LogP contribution is 2.16. The molecule has 236 valence electrons. The maximum atomic E-state index is 12.5. The summed E-state index contributed by atoms with van der Waals surface area (Å²) in [6, 6.07) is 6.13. The van der Waals surface area contributed by atoms with Gasteiger partial charge in [-0.15, -0.1) is 0 Å². The van der Waals surface area contributed by atoms with Gasteiger partial charge < -0.3 is 9.47 Å². The van der Waals surface area contributed by atoms with Crippen molar-refractivity contribution in [3.63, 3.8) is 0 Å². The Bertz CT molecular complexity index is 929. The van der Waals surface area contributed by atoms with E-state index in [1.807, 2.05) is 0 Å². The fourth-order valence-corrected chi connectivity index (χ4v) is 5.58. The molecule has 0 amide bonds. The fraction of sp³-hybridized carbons (Fsp3) is 0.758. The third kappa shape index (κ3) is 18.3. The van der Waals surface area contributed by atoms with Crippen molar-refractivity contribution in [3.8, 4) is 0 Å². The molecule has 0 aliphatic heterocycles. The van der Waals surface area contributed by atoms with Gasteiger partial charge in [-0.3, -0.25) is 4.55 Å². The van der Waals surface area contributed by atoms with Crippen molar-refractivity contribution in [2.24, 2.45) is 0 Å². The van der Waals surface area contributed by atoms with E-state index in [0.717, 1.165) is 19.3 Å². The average Bonchev–Trinajstić information content (AvgIpc) is 2.95.